The number of aliphatic hydroxyl groups excluding tert-OH is 1. The fourth-order valence-corrected chi connectivity index (χ4v) is 12.1. The first-order chi connectivity index (χ1) is 42.7. The fourth-order valence-electron chi connectivity index (χ4n) is 10.5. The Labute approximate surface area is 537 Å². The molecule has 0 saturated carbocycles. The molecule has 17 nitrogen and oxygen atoms in total. The minimum Gasteiger partial charge on any atom is -0.462 e. The van der Waals surface area contributed by atoms with Gasteiger partial charge in [-0.15, -0.1) is 0 Å². The Morgan fingerprint density at radius 1 is 0.273 bits per heavy atom. The molecule has 0 heterocycles. The minimum atomic E-state index is -4.95. The number of carbonyl (C=O) groups excluding carboxylic acids is 4. The van der Waals surface area contributed by atoms with E-state index in [1.165, 1.54) is 186 Å². The number of aliphatic hydroxyl groups is 1. The molecule has 0 aromatic rings. The third kappa shape index (κ3) is 62.8. The number of ether oxygens (including phenoxy) is 4. The Hall–Kier alpha value is -1.94. The number of esters is 4. The van der Waals surface area contributed by atoms with Crippen LogP contribution in [0.15, 0.2) is 0 Å². The Balaban J connectivity index is 5.06. The summed E-state index contributed by atoms with van der Waals surface area (Å²) in [5.74, 6) is -2.14. The first-order valence-corrected chi connectivity index (χ1v) is 39.3. The summed E-state index contributed by atoms with van der Waals surface area (Å²) in [5, 5.41) is 10.5. The summed E-state index contributed by atoms with van der Waals surface area (Å²) in [6.45, 7) is 4.83. The molecule has 88 heavy (non-hydrogen) atoms. The lowest BCUT2D eigenvalue weighted by Gasteiger charge is -2.21. The highest BCUT2D eigenvalue weighted by atomic mass is 31.2. The first kappa shape index (κ1) is 86.1. The maximum Gasteiger partial charge on any atom is 0.472 e. The maximum absolute atomic E-state index is 13.0. The maximum atomic E-state index is 13.0. The van der Waals surface area contributed by atoms with Gasteiger partial charge < -0.3 is 33.8 Å². The van der Waals surface area contributed by atoms with Crippen LogP contribution in [-0.2, 0) is 65.4 Å². The standard InChI is InChI=1S/C69H134O17P2/c1-5-9-13-17-20-23-26-27-28-29-30-31-32-33-34-35-36-38-41-44-48-52-56-69(74)86-65(60-80-67(72)54-50-46-42-40-37-24-21-18-14-10-6-2)62-84-88(77,78)82-58-63(70)57-81-87(75,76)83-61-64(59-79-66(71)53-49-45-16-12-8-4)85-68(73)55-51-47-43-39-25-22-19-15-11-7-3/h63-65,70H,5-62H2,1-4H3,(H,75,76)(H,77,78)/t63-,64+,65+/m0/s1. The van der Waals surface area contributed by atoms with Crippen LogP contribution < -0.4 is 0 Å². The van der Waals surface area contributed by atoms with Crippen molar-refractivity contribution in [1.29, 1.82) is 0 Å². The van der Waals surface area contributed by atoms with Crippen molar-refractivity contribution in [2.75, 3.05) is 39.6 Å². The molecule has 5 atom stereocenters. The molecular weight excluding hydrogens is 1160 g/mol. The summed E-state index contributed by atoms with van der Waals surface area (Å²) in [4.78, 5) is 72.1. The van der Waals surface area contributed by atoms with E-state index in [0.29, 0.717) is 25.7 Å². The zero-order valence-corrected chi connectivity index (χ0v) is 58.5. The predicted octanol–water partition coefficient (Wildman–Crippen LogP) is 19.9. The lowest BCUT2D eigenvalue weighted by molar-refractivity contribution is -0.161. The van der Waals surface area contributed by atoms with Crippen molar-refractivity contribution < 1.29 is 80.2 Å². The number of carbonyl (C=O) groups is 4. The number of unbranched alkanes of at least 4 members (excludes halogenated alkanes) is 44. The van der Waals surface area contributed by atoms with Crippen LogP contribution in [-0.4, -0.2) is 96.7 Å². The van der Waals surface area contributed by atoms with Gasteiger partial charge in [0.1, 0.15) is 19.3 Å². The zero-order valence-electron chi connectivity index (χ0n) is 56.7. The topological polar surface area (TPSA) is 237 Å². The van der Waals surface area contributed by atoms with Crippen molar-refractivity contribution in [3.8, 4) is 0 Å². The predicted molar refractivity (Wildman–Crippen MR) is 354 cm³/mol. The summed E-state index contributed by atoms with van der Waals surface area (Å²) < 4.78 is 67.9. The molecule has 0 aromatic carbocycles. The van der Waals surface area contributed by atoms with E-state index in [4.69, 9.17) is 37.0 Å². The summed E-state index contributed by atoms with van der Waals surface area (Å²) in [6, 6.07) is 0. The lowest BCUT2D eigenvalue weighted by Crippen LogP contribution is -2.30. The van der Waals surface area contributed by atoms with Gasteiger partial charge in [0.2, 0.25) is 0 Å². The molecule has 0 rings (SSSR count). The van der Waals surface area contributed by atoms with Crippen molar-refractivity contribution in [3.63, 3.8) is 0 Å². The third-order valence-corrected chi connectivity index (χ3v) is 18.0. The Morgan fingerprint density at radius 2 is 0.455 bits per heavy atom. The normalized spacial score (nSPS) is 14.0. The van der Waals surface area contributed by atoms with Gasteiger partial charge in [-0.25, -0.2) is 9.13 Å². The SMILES string of the molecule is CCCCCCCCCCCCCCCCCCCCCCCCC(=O)O[C@H](COC(=O)CCCCCCCCCCCCC)COP(=O)(O)OC[C@@H](O)COP(=O)(O)OC[C@@H](COC(=O)CCCCCCC)OC(=O)CCCCCCCCCCCC. The number of rotatable bonds is 70. The molecule has 0 aromatic heterocycles. The minimum absolute atomic E-state index is 0.106. The van der Waals surface area contributed by atoms with Gasteiger partial charge in [0.05, 0.1) is 26.4 Å². The van der Waals surface area contributed by atoms with Crippen LogP contribution in [0.5, 0.6) is 0 Å². The molecule has 2 unspecified atom stereocenters. The Bertz CT molecular complexity index is 1690. The summed E-state index contributed by atoms with van der Waals surface area (Å²) >= 11 is 0. The van der Waals surface area contributed by atoms with Gasteiger partial charge in [0.15, 0.2) is 12.2 Å². The lowest BCUT2D eigenvalue weighted by atomic mass is 10.0. The van der Waals surface area contributed by atoms with E-state index in [-0.39, 0.29) is 25.7 Å². The van der Waals surface area contributed by atoms with Crippen LogP contribution >= 0.6 is 15.6 Å². The van der Waals surface area contributed by atoms with Crippen molar-refractivity contribution in [2.24, 2.45) is 0 Å². The Kier molecular flexibility index (Phi) is 62.4. The van der Waals surface area contributed by atoms with Crippen LogP contribution in [0.2, 0.25) is 0 Å². The fraction of sp³-hybridized carbons (Fsp3) is 0.942. The van der Waals surface area contributed by atoms with Crippen LogP contribution in [0.25, 0.3) is 0 Å². The molecule has 0 saturated heterocycles. The zero-order chi connectivity index (χ0) is 64.7. The molecular formula is C69H134O17P2. The van der Waals surface area contributed by atoms with Gasteiger partial charge in [0, 0.05) is 25.7 Å². The molecule has 522 valence electrons. The molecule has 0 aliphatic rings. The highest BCUT2D eigenvalue weighted by Gasteiger charge is 2.30. The molecule has 19 heteroatoms. The summed E-state index contributed by atoms with van der Waals surface area (Å²) in [6.07, 6.45) is 51.9. The van der Waals surface area contributed by atoms with E-state index in [1.54, 1.807) is 0 Å². The quantitative estimate of drug-likeness (QED) is 0.0222. The van der Waals surface area contributed by atoms with Crippen LogP contribution in [0.3, 0.4) is 0 Å². The number of phosphoric acid groups is 2. The highest BCUT2D eigenvalue weighted by Crippen LogP contribution is 2.45. The molecule has 0 radical (unpaired) electrons. The summed E-state index contributed by atoms with van der Waals surface area (Å²) in [5.41, 5.74) is 0. The average Bonchev–Trinajstić information content (AvgIpc) is 3.61. The molecule has 3 N–H and O–H groups in total. The van der Waals surface area contributed by atoms with Crippen molar-refractivity contribution in [2.45, 2.75) is 380 Å². The van der Waals surface area contributed by atoms with E-state index in [1.807, 2.05) is 0 Å². The molecule has 0 aliphatic heterocycles. The highest BCUT2D eigenvalue weighted by molar-refractivity contribution is 7.47. The van der Waals surface area contributed by atoms with E-state index in [0.717, 1.165) is 96.3 Å². The second-order valence-electron chi connectivity index (χ2n) is 24.9. The van der Waals surface area contributed by atoms with Gasteiger partial charge in [-0.05, 0) is 25.7 Å². The molecule has 0 aliphatic carbocycles. The molecule has 0 amide bonds. The number of phosphoric ester groups is 2. The number of hydrogen-bond acceptors (Lipinski definition) is 15. The van der Waals surface area contributed by atoms with E-state index >= 15 is 0 Å². The van der Waals surface area contributed by atoms with Gasteiger partial charge in [-0.3, -0.25) is 37.3 Å². The summed E-state index contributed by atoms with van der Waals surface area (Å²) in [7, 11) is -9.88. The largest absolute Gasteiger partial charge is 0.472 e. The van der Waals surface area contributed by atoms with Crippen molar-refractivity contribution in [3.05, 3.63) is 0 Å². The molecule has 0 spiro atoms. The van der Waals surface area contributed by atoms with Crippen LogP contribution in [0.1, 0.15) is 362 Å². The van der Waals surface area contributed by atoms with E-state index in [9.17, 15) is 43.2 Å². The second kappa shape index (κ2) is 63.8. The van der Waals surface area contributed by atoms with Crippen LogP contribution in [0, 0.1) is 0 Å². The average molecular weight is 1300 g/mol. The smallest absolute Gasteiger partial charge is 0.462 e. The molecule has 0 fully saturated rings. The van der Waals surface area contributed by atoms with Gasteiger partial charge in [-0.1, -0.05) is 310 Å². The van der Waals surface area contributed by atoms with Crippen molar-refractivity contribution in [1.82, 2.24) is 0 Å². The second-order valence-corrected chi connectivity index (χ2v) is 27.8. The van der Waals surface area contributed by atoms with Gasteiger partial charge >= 0.3 is 39.5 Å². The monoisotopic (exact) mass is 1300 g/mol. The molecule has 0 bridgehead atoms. The third-order valence-electron chi connectivity index (χ3n) is 16.1. The van der Waals surface area contributed by atoms with Gasteiger partial charge in [0.25, 0.3) is 0 Å². The van der Waals surface area contributed by atoms with Crippen molar-refractivity contribution >= 4 is 39.5 Å². The number of hydrogen-bond donors (Lipinski definition) is 3. The Morgan fingerprint density at radius 3 is 0.670 bits per heavy atom. The first-order valence-electron chi connectivity index (χ1n) is 36.3. The van der Waals surface area contributed by atoms with Crippen LogP contribution in [0.4, 0.5) is 0 Å². The van der Waals surface area contributed by atoms with Gasteiger partial charge in [-0.2, -0.15) is 0 Å². The van der Waals surface area contributed by atoms with E-state index in [2.05, 4.69) is 27.7 Å². The van der Waals surface area contributed by atoms with E-state index < -0.39 is 97.5 Å².